The van der Waals surface area contributed by atoms with E-state index < -0.39 is 11.9 Å². The number of carbonyl (C=O) groups is 2. The molecule has 8 nitrogen and oxygen atoms in total. The van der Waals surface area contributed by atoms with Gasteiger partial charge in [-0.2, -0.15) is 0 Å². The van der Waals surface area contributed by atoms with E-state index in [4.69, 9.17) is 21.8 Å². The molecule has 0 aliphatic carbocycles. The van der Waals surface area contributed by atoms with E-state index in [2.05, 4.69) is 0 Å². The minimum atomic E-state index is -1.31. The fourth-order valence-electron chi connectivity index (χ4n) is 0.880. The van der Waals surface area contributed by atoms with E-state index >= 15 is 0 Å². The first-order valence-electron chi connectivity index (χ1n) is 3.28. The molecule has 0 amide bonds. The number of halogens is 1. The number of carboxylic acids is 2. The molecule has 0 atom stereocenters. The van der Waals surface area contributed by atoms with E-state index in [1.165, 1.54) is 6.07 Å². The highest BCUT2D eigenvalue weighted by Crippen LogP contribution is 2.16. The second-order valence-corrected chi connectivity index (χ2v) is 2.74. The summed E-state index contributed by atoms with van der Waals surface area (Å²) in [7, 11) is 0. The van der Waals surface area contributed by atoms with Gasteiger partial charge in [-0.3, -0.25) is 0 Å². The minimum absolute atomic E-state index is 0. The number of rotatable bonds is 2. The predicted octanol–water partition coefficient (Wildman–Crippen LogP) is -1.56. The van der Waals surface area contributed by atoms with Crippen molar-refractivity contribution in [3.63, 3.8) is 0 Å². The Labute approximate surface area is 100 Å². The van der Waals surface area contributed by atoms with Crippen LogP contribution in [0.2, 0.25) is 5.02 Å². The van der Waals surface area contributed by atoms with E-state index in [0.29, 0.717) is 0 Å². The average Bonchev–Trinajstić information content (AvgIpc) is 2.03. The summed E-state index contributed by atoms with van der Waals surface area (Å²) < 4.78 is 0. The number of carboxylic acid groups (broad SMARTS) is 2. The Morgan fingerprint density at radius 2 is 1.29 bits per heavy atom. The molecule has 0 saturated heterocycles. The lowest BCUT2D eigenvalue weighted by molar-refractivity contribution is 0.0651. The van der Waals surface area contributed by atoms with Crippen LogP contribution >= 0.6 is 11.6 Å². The summed E-state index contributed by atoms with van der Waals surface area (Å²) in [5, 5.41) is 17.4. The summed E-state index contributed by atoms with van der Waals surface area (Å²) in [5.41, 5.74) is -0.572. The van der Waals surface area contributed by atoms with Gasteiger partial charge in [0, 0.05) is 5.02 Å². The molecule has 0 radical (unpaired) electrons. The van der Waals surface area contributed by atoms with Crippen molar-refractivity contribution < 1.29 is 41.7 Å². The Kier molecular flexibility index (Phi) is 13.7. The molecule has 0 bridgehead atoms. The molecule has 1 rings (SSSR count). The lowest BCUT2D eigenvalue weighted by Gasteiger charge is -2.00. The van der Waals surface area contributed by atoms with Crippen molar-refractivity contribution in [1.82, 2.24) is 0 Å². The van der Waals surface area contributed by atoms with Crippen LogP contribution in [0.4, 0.5) is 0 Å². The van der Waals surface area contributed by atoms with Crippen LogP contribution in [0.5, 0.6) is 0 Å². The molecule has 0 fully saturated rings. The maximum Gasteiger partial charge on any atom is 0.336 e. The highest BCUT2D eigenvalue weighted by Gasteiger charge is 2.15. The zero-order valence-electron chi connectivity index (χ0n) is 8.32. The Bertz CT molecular complexity index is 378. The van der Waals surface area contributed by atoms with E-state index in [0.717, 1.165) is 12.1 Å². The third kappa shape index (κ3) is 5.80. The Morgan fingerprint density at radius 3 is 1.65 bits per heavy atom. The fraction of sp³-hybridized carbons (Fsp3) is 0. The van der Waals surface area contributed by atoms with E-state index in [9.17, 15) is 9.59 Å². The molecule has 0 saturated carbocycles. The second-order valence-electron chi connectivity index (χ2n) is 2.30. The average molecular weight is 273 g/mol. The molecular formula is C8H13ClO8. The normalized spacial score (nSPS) is 7.35. The van der Waals surface area contributed by atoms with Crippen molar-refractivity contribution in [3.8, 4) is 0 Å². The van der Waals surface area contributed by atoms with Gasteiger partial charge in [0.15, 0.2) is 0 Å². The number of hydrogen-bond donors (Lipinski definition) is 2. The summed E-state index contributed by atoms with van der Waals surface area (Å²) in [6.45, 7) is 0. The molecular weight excluding hydrogens is 260 g/mol. The van der Waals surface area contributed by atoms with Crippen molar-refractivity contribution in [2.45, 2.75) is 0 Å². The Balaban J connectivity index is -0.000000211. The first-order valence-corrected chi connectivity index (χ1v) is 3.66. The lowest BCUT2D eigenvalue weighted by Crippen LogP contribution is -2.07. The van der Waals surface area contributed by atoms with Crippen molar-refractivity contribution in [2.75, 3.05) is 0 Å². The minimum Gasteiger partial charge on any atom is -0.478 e. The summed E-state index contributed by atoms with van der Waals surface area (Å²) >= 11 is 5.51. The van der Waals surface area contributed by atoms with Crippen molar-refractivity contribution >= 4 is 23.5 Å². The van der Waals surface area contributed by atoms with Crippen molar-refractivity contribution in [1.29, 1.82) is 0 Å². The highest BCUT2D eigenvalue weighted by atomic mass is 35.5. The smallest absolute Gasteiger partial charge is 0.336 e. The first kappa shape index (κ1) is 24.5. The summed E-state index contributed by atoms with van der Waals surface area (Å²) in [6, 6.07) is 3.60. The van der Waals surface area contributed by atoms with E-state index in [-0.39, 0.29) is 38.1 Å². The van der Waals surface area contributed by atoms with Gasteiger partial charge in [-0.1, -0.05) is 11.6 Å². The van der Waals surface area contributed by atoms with Crippen LogP contribution in [0.3, 0.4) is 0 Å². The van der Waals surface area contributed by atoms with Gasteiger partial charge in [-0.25, -0.2) is 9.59 Å². The molecule has 1 aromatic rings. The number of aromatic carboxylic acids is 2. The van der Waals surface area contributed by atoms with Crippen LogP contribution in [0.25, 0.3) is 0 Å². The first-order chi connectivity index (χ1) is 6.02. The molecule has 1 aromatic carbocycles. The van der Waals surface area contributed by atoms with Crippen LogP contribution in [0, 0.1) is 0 Å². The monoisotopic (exact) mass is 272 g/mol. The fourth-order valence-corrected chi connectivity index (χ4v) is 1.05. The van der Waals surface area contributed by atoms with Gasteiger partial charge in [0.05, 0.1) is 11.1 Å². The van der Waals surface area contributed by atoms with E-state index in [1.807, 2.05) is 0 Å². The summed E-state index contributed by atoms with van der Waals surface area (Å²) in [6.07, 6.45) is 0. The predicted molar refractivity (Wildman–Crippen MR) is 59.8 cm³/mol. The largest absolute Gasteiger partial charge is 0.478 e. The van der Waals surface area contributed by atoms with Gasteiger partial charge in [-0.15, -0.1) is 0 Å². The summed E-state index contributed by atoms with van der Waals surface area (Å²) in [4.78, 5) is 21.1. The maximum atomic E-state index is 10.6. The molecule has 100 valence electrons. The number of benzene rings is 1. The number of hydrogen-bond acceptors (Lipinski definition) is 2. The van der Waals surface area contributed by atoms with Crippen molar-refractivity contribution in [2.24, 2.45) is 0 Å². The van der Waals surface area contributed by atoms with E-state index in [1.54, 1.807) is 0 Å². The van der Waals surface area contributed by atoms with Crippen LogP contribution in [0.1, 0.15) is 20.7 Å². The quantitative estimate of drug-likeness (QED) is 0.655. The van der Waals surface area contributed by atoms with Gasteiger partial charge < -0.3 is 32.1 Å². The third-order valence-corrected chi connectivity index (χ3v) is 1.68. The third-order valence-electron chi connectivity index (χ3n) is 1.44. The highest BCUT2D eigenvalue weighted by molar-refractivity contribution is 6.31. The van der Waals surface area contributed by atoms with Gasteiger partial charge >= 0.3 is 11.9 Å². The van der Waals surface area contributed by atoms with Gasteiger partial charge in [0.2, 0.25) is 0 Å². The molecule has 0 unspecified atom stereocenters. The van der Waals surface area contributed by atoms with Gasteiger partial charge in [0.25, 0.3) is 0 Å². The lowest BCUT2D eigenvalue weighted by atomic mass is 10.1. The van der Waals surface area contributed by atoms with Crippen LogP contribution in [0.15, 0.2) is 18.2 Å². The summed E-state index contributed by atoms with van der Waals surface area (Å²) in [5.74, 6) is -2.59. The second kappa shape index (κ2) is 9.51. The topological polar surface area (TPSA) is 201 Å². The molecule has 0 aliphatic rings. The Morgan fingerprint density at radius 1 is 0.882 bits per heavy atom. The van der Waals surface area contributed by atoms with Gasteiger partial charge in [0.1, 0.15) is 0 Å². The zero-order valence-corrected chi connectivity index (χ0v) is 9.08. The molecule has 0 heterocycles. The van der Waals surface area contributed by atoms with Crippen molar-refractivity contribution in [3.05, 3.63) is 34.3 Å². The standard InChI is InChI=1S/C8H5ClO4.4H2O/c9-4-1-2-5(7(10)11)6(3-4)8(12)13;;;;/h1-3H,(H,10,11)(H,12,13);4*1H2. The van der Waals surface area contributed by atoms with Gasteiger partial charge in [-0.05, 0) is 18.2 Å². The van der Waals surface area contributed by atoms with Crippen LogP contribution in [-0.2, 0) is 0 Å². The molecule has 0 aromatic heterocycles. The molecule has 0 spiro atoms. The van der Waals surface area contributed by atoms with Crippen LogP contribution in [-0.4, -0.2) is 44.1 Å². The maximum absolute atomic E-state index is 10.6. The molecule has 10 N–H and O–H groups in total. The molecule has 9 heteroatoms. The van der Waals surface area contributed by atoms with Crippen LogP contribution < -0.4 is 0 Å². The molecule has 0 aliphatic heterocycles. The molecule has 17 heavy (non-hydrogen) atoms. The Hall–Kier alpha value is -1.71. The SMILES string of the molecule is O.O.O.O.O=C(O)c1ccc(Cl)cc1C(=O)O. The zero-order chi connectivity index (χ0) is 10.0.